The summed E-state index contributed by atoms with van der Waals surface area (Å²) in [6, 6.07) is 4.03. The molecule has 1 aromatic heterocycles. The molecule has 0 spiro atoms. The van der Waals surface area contributed by atoms with Crippen molar-refractivity contribution in [1.29, 1.82) is 0 Å². The first kappa shape index (κ1) is 12.4. The van der Waals surface area contributed by atoms with Crippen LogP contribution in [0.25, 0.3) is 16.5 Å². The summed E-state index contributed by atoms with van der Waals surface area (Å²) in [5.41, 5.74) is 8.89. The zero-order valence-electron chi connectivity index (χ0n) is 12.0. The first-order valence-corrected chi connectivity index (χ1v) is 7.43. The highest BCUT2D eigenvalue weighted by atomic mass is 16.2. The topological polar surface area (TPSA) is 57.2 Å². The standard InChI is InChI=1S/C17H17N3O/c1-10-7-12-15-13(9-18-20-17(12)21)16(19-14(15)8-10)11-5-3-2-4-6-11/h5,7-9,19H,2-4,6H2,1H3,(H,20,21). The average molecular weight is 279 g/mol. The molecule has 1 aliphatic carbocycles. The molecule has 0 radical (unpaired) electrons. The van der Waals surface area contributed by atoms with Crippen LogP contribution in [0.1, 0.15) is 52.9 Å². The molecular weight excluding hydrogens is 262 g/mol. The van der Waals surface area contributed by atoms with Gasteiger partial charge in [0.1, 0.15) is 0 Å². The van der Waals surface area contributed by atoms with E-state index in [1.807, 2.05) is 13.0 Å². The number of amides is 1. The van der Waals surface area contributed by atoms with Crippen molar-refractivity contribution in [3.63, 3.8) is 0 Å². The monoisotopic (exact) mass is 279 g/mol. The summed E-state index contributed by atoms with van der Waals surface area (Å²) in [6.07, 6.45) is 8.78. The van der Waals surface area contributed by atoms with E-state index in [9.17, 15) is 4.79 Å². The van der Waals surface area contributed by atoms with E-state index in [0.29, 0.717) is 5.56 Å². The van der Waals surface area contributed by atoms with Crippen molar-refractivity contribution in [3.8, 4) is 0 Å². The van der Waals surface area contributed by atoms with Gasteiger partial charge in [-0.2, -0.15) is 5.10 Å². The number of hydrogen-bond acceptors (Lipinski definition) is 2. The van der Waals surface area contributed by atoms with Crippen molar-refractivity contribution in [2.24, 2.45) is 5.10 Å². The van der Waals surface area contributed by atoms with Crippen LogP contribution in [-0.4, -0.2) is 17.1 Å². The Bertz CT molecular complexity index is 811. The third-order valence-corrected chi connectivity index (χ3v) is 4.30. The number of hydrazone groups is 1. The number of carbonyl (C=O) groups excluding carboxylic acids is 1. The highest BCUT2D eigenvalue weighted by Gasteiger charge is 2.22. The molecule has 0 saturated heterocycles. The van der Waals surface area contributed by atoms with Gasteiger partial charge in [0.05, 0.1) is 17.5 Å². The van der Waals surface area contributed by atoms with Gasteiger partial charge in [-0.1, -0.05) is 6.08 Å². The highest BCUT2D eigenvalue weighted by molar-refractivity contribution is 6.16. The fraction of sp³-hybridized carbons (Fsp3) is 0.294. The minimum Gasteiger partial charge on any atom is -0.354 e. The molecule has 0 unspecified atom stereocenters. The molecule has 0 saturated carbocycles. The van der Waals surface area contributed by atoms with Gasteiger partial charge in [-0.05, 0) is 55.9 Å². The fourth-order valence-corrected chi connectivity index (χ4v) is 3.34. The van der Waals surface area contributed by atoms with Crippen LogP contribution < -0.4 is 5.43 Å². The van der Waals surface area contributed by atoms with Crippen molar-refractivity contribution in [2.45, 2.75) is 32.6 Å². The number of allylic oxidation sites excluding steroid dienone is 2. The van der Waals surface area contributed by atoms with Gasteiger partial charge in [-0.25, -0.2) is 5.43 Å². The molecule has 2 aliphatic rings. The largest absolute Gasteiger partial charge is 0.354 e. The number of aromatic nitrogens is 1. The van der Waals surface area contributed by atoms with Crippen LogP contribution in [0.2, 0.25) is 0 Å². The summed E-state index contributed by atoms with van der Waals surface area (Å²) >= 11 is 0. The number of nitrogens with zero attached hydrogens (tertiary/aromatic N) is 1. The van der Waals surface area contributed by atoms with Crippen molar-refractivity contribution >= 4 is 28.6 Å². The van der Waals surface area contributed by atoms with E-state index in [0.717, 1.165) is 40.6 Å². The minimum atomic E-state index is -0.137. The average Bonchev–Trinajstić information content (AvgIpc) is 2.76. The second-order valence-corrected chi connectivity index (χ2v) is 5.82. The molecule has 1 aliphatic heterocycles. The summed E-state index contributed by atoms with van der Waals surface area (Å²) < 4.78 is 0. The van der Waals surface area contributed by atoms with E-state index in [2.05, 4.69) is 27.7 Å². The normalized spacial score (nSPS) is 17.6. The van der Waals surface area contributed by atoms with Gasteiger partial charge in [-0.15, -0.1) is 0 Å². The van der Waals surface area contributed by atoms with E-state index in [-0.39, 0.29) is 5.91 Å². The number of hydrogen-bond donors (Lipinski definition) is 2. The Morgan fingerprint density at radius 3 is 2.95 bits per heavy atom. The molecule has 2 heterocycles. The fourth-order valence-electron chi connectivity index (χ4n) is 3.34. The third kappa shape index (κ3) is 1.90. The lowest BCUT2D eigenvalue weighted by Crippen LogP contribution is -2.16. The minimum absolute atomic E-state index is 0.137. The van der Waals surface area contributed by atoms with E-state index >= 15 is 0 Å². The Labute approximate surface area is 122 Å². The molecule has 2 N–H and O–H groups in total. The van der Waals surface area contributed by atoms with Crippen LogP contribution in [0.5, 0.6) is 0 Å². The van der Waals surface area contributed by atoms with Gasteiger partial charge >= 0.3 is 0 Å². The molecule has 21 heavy (non-hydrogen) atoms. The number of rotatable bonds is 1. The molecule has 0 bridgehead atoms. The molecule has 2 aromatic rings. The highest BCUT2D eigenvalue weighted by Crippen LogP contribution is 2.34. The van der Waals surface area contributed by atoms with Crippen LogP contribution >= 0.6 is 0 Å². The lowest BCUT2D eigenvalue weighted by Gasteiger charge is -2.12. The van der Waals surface area contributed by atoms with Crippen LogP contribution in [-0.2, 0) is 0 Å². The SMILES string of the molecule is Cc1cc2c3c(c(C4=CCCCC4)[nH]c3c1)C=NNC2=O. The van der Waals surface area contributed by atoms with E-state index < -0.39 is 0 Å². The Morgan fingerprint density at radius 1 is 1.24 bits per heavy atom. The second-order valence-electron chi connectivity index (χ2n) is 5.82. The van der Waals surface area contributed by atoms with Crippen LogP contribution in [0, 0.1) is 6.92 Å². The smallest absolute Gasteiger partial charge is 0.272 e. The van der Waals surface area contributed by atoms with E-state index in [1.165, 1.54) is 18.4 Å². The zero-order chi connectivity index (χ0) is 14.4. The number of aryl methyl sites for hydroxylation is 1. The Hall–Kier alpha value is -2.36. The lowest BCUT2D eigenvalue weighted by molar-refractivity contribution is 0.0957. The molecular formula is C17H17N3O. The molecule has 1 aromatic carbocycles. The van der Waals surface area contributed by atoms with E-state index in [1.54, 1.807) is 6.21 Å². The molecule has 4 rings (SSSR count). The summed E-state index contributed by atoms with van der Waals surface area (Å²) in [6.45, 7) is 2.01. The van der Waals surface area contributed by atoms with Crippen molar-refractivity contribution in [1.82, 2.24) is 10.4 Å². The van der Waals surface area contributed by atoms with Crippen LogP contribution in [0.15, 0.2) is 23.3 Å². The van der Waals surface area contributed by atoms with Crippen molar-refractivity contribution < 1.29 is 4.79 Å². The number of aromatic amines is 1. The summed E-state index contributed by atoms with van der Waals surface area (Å²) in [5, 5.41) is 5.06. The number of H-pyrrole nitrogens is 1. The third-order valence-electron chi connectivity index (χ3n) is 4.30. The van der Waals surface area contributed by atoms with Gasteiger partial charge < -0.3 is 4.98 Å². The molecule has 4 heteroatoms. The van der Waals surface area contributed by atoms with Crippen LogP contribution in [0.3, 0.4) is 0 Å². The zero-order valence-corrected chi connectivity index (χ0v) is 12.0. The maximum absolute atomic E-state index is 12.2. The van der Waals surface area contributed by atoms with Gasteiger partial charge in [0.15, 0.2) is 0 Å². The van der Waals surface area contributed by atoms with Gasteiger partial charge in [0.25, 0.3) is 5.91 Å². The molecule has 106 valence electrons. The Morgan fingerprint density at radius 2 is 2.14 bits per heavy atom. The maximum atomic E-state index is 12.2. The quantitative estimate of drug-likeness (QED) is 0.824. The van der Waals surface area contributed by atoms with Gasteiger partial charge in [-0.3, -0.25) is 4.79 Å². The molecule has 0 atom stereocenters. The predicted molar refractivity (Wildman–Crippen MR) is 84.5 cm³/mol. The Balaban J connectivity index is 2.05. The first-order valence-electron chi connectivity index (χ1n) is 7.43. The predicted octanol–water partition coefficient (Wildman–Crippen LogP) is 3.51. The van der Waals surface area contributed by atoms with E-state index in [4.69, 9.17) is 0 Å². The summed E-state index contributed by atoms with van der Waals surface area (Å²) in [7, 11) is 0. The lowest BCUT2D eigenvalue weighted by atomic mass is 9.94. The summed E-state index contributed by atoms with van der Waals surface area (Å²) in [5.74, 6) is -0.137. The maximum Gasteiger partial charge on any atom is 0.272 e. The number of carbonyl (C=O) groups is 1. The van der Waals surface area contributed by atoms with Gasteiger partial charge in [0, 0.05) is 16.5 Å². The molecule has 0 fully saturated rings. The summed E-state index contributed by atoms with van der Waals surface area (Å²) in [4.78, 5) is 15.7. The molecule has 4 nitrogen and oxygen atoms in total. The van der Waals surface area contributed by atoms with Crippen molar-refractivity contribution in [3.05, 3.63) is 40.6 Å². The van der Waals surface area contributed by atoms with Crippen LogP contribution in [0.4, 0.5) is 0 Å². The molecule has 1 amide bonds. The van der Waals surface area contributed by atoms with Gasteiger partial charge in [0.2, 0.25) is 0 Å². The number of benzene rings is 1. The Kier molecular flexibility index (Phi) is 2.70. The van der Waals surface area contributed by atoms with Crippen molar-refractivity contribution in [2.75, 3.05) is 0 Å². The first-order chi connectivity index (χ1) is 10.2. The second kappa shape index (κ2) is 4.58. The number of nitrogens with one attached hydrogen (secondary N) is 2.